The molecule has 0 spiro atoms. The van der Waals surface area contributed by atoms with Gasteiger partial charge < -0.3 is 10.3 Å². The maximum absolute atomic E-state index is 3.98. The van der Waals surface area contributed by atoms with Gasteiger partial charge in [-0.2, -0.15) is 12.6 Å². The van der Waals surface area contributed by atoms with Crippen LogP contribution in [0.4, 0.5) is 5.82 Å². The van der Waals surface area contributed by atoms with Gasteiger partial charge in [0.2, 0.25) is 0 Å². The van der Waals surface area contributed by atoms with E-state index in [1.165, 1.54) is 0 Å². The first-order valence-electron chi connectivity index (χ1n) is 2.41. The molecule has 1 aromatic rings. The normalized spacial score (nSPS) is 9.12. The zero-order valence-corrected chi connectivity index (χ0v) is 5.28. The third-order valence-electron chi connectivity index (χ3n) is 0.867. The molecule has 3 heteroatoms. The molecule has 0 bridgehead atoms. The molecule has 2 nitrogen and oxygen atoms in total. The van der Waals surface area contributed by atoms with E-state index >= 15 is 0 Å². The number of aromatic amines is 1. The predicted octanol–water partition coefficient (Wildman–Crippen LogP) is 1.31. The van der Waals surface area contributed by atoms with Crippen LogP contribution in [0.25, 0.3) is 0 Å². The molecule has 0 aliphatic rings. The lowest BCUT2D eigenvalue weighted by atomic mass is 10.6. The summed E-state index contributed by atoms with van der Waals surface area (Å²) in [7, 11) is 0. The third-order valence-corrected chi connectivity index (χ3v) is 1.03. The van der Waals surface area contributed by atoms with Gasteiger partial charge in [0.25, 0.3) is 0 Å². The van der Waals surface area contributed by atoms with Gasteiger partial charge in [-0.05, 0) is 12.1 Å². The molecular formula is C5H8N2S. The van der Waals surface area contributed by atoms with Crippen LogP contribution in [0.1, 0.15) is 0 Å². The standard InChI is InChI=1S/C5H8N2S/c8-4-7-5-2-1-3-6-5/h1-3,6-8H,4H2. The van der Waals surface area contributed by atoms with E-state index in [1.54, 1.807) is 0 Å². The third kappa shape index (κ3) is 1.20. The van der Waals surface area contributed by atoms with Gasteiger partial charge in [-0.15, -0.1) is 0 Å². The Balaban J connectivity index is 2.50. The van der Waals surface area contributed by atoms with Crippen LogP contribution in [0.3, 0.4) is 0 Å². The Hall–Kier alpha value is -0.570. The first-order valence-corrected chi connectivity index (χ1v) is 3.05. The number of anilines is 1. The molecule has 0 unspecified atom stereocenters. The fourth-order valence-corrected chi connectivity index (χ4v) is 0.696. The average molecular weight is 128 g/mol. The Kier molecular flexibility index (Phi) is 1.86. The van der Waals surface area contributed by atoms with Gasteiger partial charge >= 0.3 is 0 Å². The summed E-state index contributed by atoms with van der Waals surface area (Å²) in [6, 6.07) is 3.89. The van der Waals surface area contributed by atoms with E-state index in [1.807, 2.05) is 18.3 Å². The molecule has 2 N–H and O–H groups in total. The van der Waals surface area contributed by atoms with E-state index in [0.29, 0.717) is 5.88 Å². The van der Waals surface area contributed by atoms with E-state index in [2.05, 4.69) is 22.9 Å². The molecule has 0 aliphatic heterocycles. The number of H-pyrrole nitrogens is 1. The second kappa shape index (κ2) is 2.67. The van der Waals surface area contributed by atoms with E-state index in [0.717, 1.165) is 5.82 Å². The summed E-state index contributed by atoms with van der Waals surface area (Å²) >= 11 is 3.98. The van der Waals surface area contributed by atoms with Crippen molar-refractivity contribution >= 4 is 18.4 Å². The van der Waals surface area contributed by atoms with Crippen molar-refractivity contribution in [2.75, 3.05) is 11.2 Å². The van der Waals surface area contributed by atoms with Gasteiger partial charge in [0.1, 0.15) is 5.82 Å². The summed E-state index contributed by atoms with van der Waals surface area (Å²) in [5, 5.41) is 3.00. The van der Waals surface area contributed by atoms with Crippen molar-refractivity contribution in [3.63, 3.8) is 0 Å². The van der Waals surface area contributed by atoms with E-state index in [9.17, 15) is 0 Å². The first kappa shape index (κ1) is 5.56. The van der Waals surface area contributed by atoms with Crippen molar-refractivity contribution in [2.24, 2.45) is 0 Å². The fraction of sp³-hybridized carbons (Fsp3) is 0.200. The highest BCUT2D eigenvalue weighted by Crippen LogP contribution is 1.99. The second-order valence-electron chi connectivity index (χ2n) is 1.42. The summed E-state index contributed by atoms with van der Waals surface area (Å²) in [6.07, 6.45) is 1.87. The van der Waals surface area contributed by atoms with Gasteiger partial charge in [0.15, 0.2) is 0 Å². The van der Waals surface area contributed by atoms with Crippen molar-refractivity contribution in [1.82, 2.24) is 4.98 Å². The van der Waals surface area contributed by atoms with Crippen molar-refractivity contribution in [3.8, 4) is 0 Å². The van der Waals surface area contributed by atoms with Crippen molar-refractivity contribution < 1.29 is 0 Å². The molecular weight excluding hydrogens is 120 g/mol. The van der Waals surface area contributed by atoms with Crippen molar-refractivity contribution in [2.45, 2.75) is 0 Å². The van der Waals surface area contributed by atoms with Crippen LogP contribution in [0, 0.1) is 0 Å². The second-order valence-corrected chi connectivity index (χ2v) is 1.73. The fourth-order valence-electron chi connectivity index (χ4n) is 0.525. The topological polar surface area (TPSA) is 27.8 Å². The quantitative estimate of drug-likeness (QED) is 0.406. The number of thiol groups is 1. The molecule has 0 aromatic carbocycles. The lowest BCUT2D eigenvalue weighted by molar-refractivity contribution is 1.33. The minimum Gasteiger partial charge on any atom is -0.363 e. The SMILES string of the molecule is SCNc1ccc[nH]1. The molecule has 0 fully saturated rings. The molecule has 0 atom stereocenters. The summed E-state index contributed by atoms with van der Waals surface area (Å²) < 4.78 is 0. The molecule has 1 aromatic heterocycles. The molecule has 8 heavy (non-hydrogen) atoms. The molecule has 0 saturated carbocycles. The van der Waals surface area contributed by atoms with Crippen LogP contribution in [-0.2, 0) is 0 Å². The maximum atomic E-state index is 3.98. The van der Waals surface area contributed by atoms with Crippen LogP contribution in [0.5, 0.6) is 0 Å². The summed E-state index contributed by atoms with van der Waals surface area (Å²) in [4.78, 5) is 2.98. The number of hydrogen-bond acceptors (Lipinski definition) is 2. The van der Waals surface area contributed by atoms with Crippen LogP contribution in [0.2, 0.25) is 0 Å². The highest BCUT2D eigenvalue weighted by atomic mass is 32.1. The minimum absolute atomic E-state index is 0.667. The lowest BCUT2D eigenvalue weighted by Gasteiger charge is -1.94. The Bertz CT molecular complexity index is 136. The van der Waals surface area contributed by atoms with Crippen molar-refractivity contribution in [3.05, 3.63) is 18.3 Å². The van der Waals surface area contributed by atoms with Gasteiger partial charge in [-0.3, -0.25) is 0 Å². The van der Waals surface area contributed by atoms with Crippen LogP contribution >= 0.6 is 12.6 Å². The van der Waals surface area contributed by atoms with Gasteiger partial charge in [0.05, 0.1) is 5.88 Å². The number of hydrogen-bond donors (Lipinski definition) is 3. The zero-order valence-electron chi connectivity index (χ0n) is 4.39. The minimum atomic E-state index is 0.667. The highest BCUT2D eigenvalue weighted by Gasteiger charge is 1.82. The molecule has 1 rings (SSSR count). The number of aromatic nitrogens is 1. The average Bonchev–Trinajstić information content (AvgIpc) is 2.19. The maximum Gasteiger partial charge on any atom is 0.103 e. The van der Waals surface area contributed by atoms with E-state index in [-0.39, 0.29) is 0 Å². The number of nitrogens with one attached hydrogen (secondary N) is 2. The molecule has 0 radical (unpaired) electrons. The Morgan fingerprint density at radius 1 is 1.75 bits per heavy atom. The monoisotopic (exact) mass is 128 g/mol. The number of rotatable bonds is 2. The molecule has 0 saturated heterocycles. The van der Waals surface area contributed by atoms with Gasteiger partial charge in [-0.1, -0.05) is 0 Å². The molecule has 1 heterocycles. The van der Waals surface area contributed by atoms with Gasteiger partial charge in [0, 0.05) is 6.20 Å². The molecule has 0 amide bonds. The summed E-state index contributed by atoms with van der Waals surface area (Å²) in [5.41, 5.74) is 0. The van der Waals surface area contributed by atoms with Crippen LogP contribution in [-0.4, -0.2) is 10.9 Å². The van der Waals surface area contributed by atoms with Crippen molar-refractivity contribution in [1.29, 1.82) is 0 Å². The van der Waals surface area contributed by atoms with Crippen LogP contribution in [0.15, 0.2) is 18.3 Å². The van der Waals surface area contributed by atoms with Crippen LogP contribution < -0.4 is 5.32 Å². The summed E-state index contributed by atoms with van der Waals surface area (Å²) in [5.74, 6) is 1.68. The lowest BCUT2D eigenvalue weighted by Crippen LogP contribution is -1.92. The van der Waals surface area contributed by atoms with Gasteiger partial charge in [-0.25, -0.2) is 0 Å². The highest BCUT2D eigenvalue weighted by molar-refractivity contribution is 7.80. The predicted molar refractivity (Wildman–Crippen MR) is 38.3 cm³/mol. The Labute approximate surface area is 53.7 Å². The Morgan fingerprint density at radius 2 is 2.62 bits per heavy atom. The largest absolute Gasteiger partial charge is 0.363 e. The summed E-state index contributed by atoms with van der Waals surface area (Å²) in [6.45, 7) is 0. The Morgan fingerprint density at radius 3 is 3.12 bits per heavy atom. The van der Waals surface area contributed by atoms with E-state index in [4.69, 9.17) is 0 Å². The molecule has 0 aliphatic carbocycles. The smallest absolute Gasteiger partial charge is 0.103 e. The molecule has 44 valence electrons. The first-order chi connectivity index (χ1) is 3.93. The zero-order chi connectivity index (χ0) is 5.82. The van der Waals surface area contributed by atoms with E-state index < -0.39 is 0 Å².